The van der Waals surface area contributed by atoms with Crippen molar-refractivity contribution in [2.45, 2.75) is 46.3 Å². The average molecular weight is 237 g/mol. The lowest BCUT2D eigenvalue weighted by Crippen LogP contribution is -2.11. The van der Waals surface area contributed by atoms with Gasteiger partial charge in [0.25, 0.3) is 0 Å². The summed E-state index contributed by atoms with van der Waals surface area (Å²) >= 11 is 0. The van der Waals surface area contributed by atoms with Crippen molar-refractivity contribution in [3.8, 4) is 0 Å². The van der Waals surface area contributed by atoms with Gasteiger partial charge in [-0.3, -0.25) is 0 Å². The summed E-state index contributed by atoms with van der Waals surface area (Å²) in [4.78, 5) is 0. The molecule has 1 heterocycles. The number of hydrogen-bond donors (Lipinski definition) is 1. The molecule has 96 valence electrons. The molecule has 3 nitrogen and oxygen atoms in total. The molecule has 1 aliphatic carbocycles. The average Bonchev–Trinajstić information content (AvgIpc) is 3.07. The molecule has 0 amide bonds. The van der Waals surface area contributed by atoms with Crippen LogP contribution in [-0.2, 0) is 17.9 Å². The van der Waals surface area contributed by atoms with Gasteiger partial charge < -0.3 is 14.5 Å². The maximum atomic E-state index is 5.67. The van der Waals surface area contributed by atoms with Crippen molar-refractivity contribution in [2.24, 2.45) is 5.92 Å². The fourth-order valence-corrected chi connectivity index (χ4v) is 1.92. The Hall–Kier alpha value is -0.800. The van der Waals surface area contributed by atoms with Crippen molar-refractivity contribution >= 4 is 0 Å². The molecule has 17 heavy (non-hydrogen) atoms. The van der Waals surface area contributed by atoms with Crippen molar-refractivity contribution in [2.75, 3.05) is 13.2 Å². The summed E-state index contributed by atoms with van der Waals surface area (Å²) in [5.74, 6) is 2.90. The smallest absolute Gasteiger partial charge is 0.130 e. The van der Waals surface area contributed by atoms with Crippen LogP contribution in [-0.4, -0.2) is 13.2 Å². The van der Waals surface area contributed by atoms with Crippen LogP contribution in [0.15, 0.2) is 10.5 Å². The Kier molecular flexibility index (Phi) is 4.63. The third kappa shape index (κ3) is 4.17. The quantitative estimate of drug-likeness (QED) is 0.706. The van der Waals surface area contributed by atoms with E-state index < -0.39 is 0 Å². The van der Waals surface area contributed by atoms with Crippen molar-refractivity contribution in [1.29, 1.82) is 0 Å². The van der Waals surface area contributed by atoms with E-state index in [-0.39, 0.29) is 0 Å². The first-order chi connectivity index (χ1) is 8.29. The van der Waals surface area contributed by atoms with E-state index in [0.29, 0.717) is 6.61 Å². The largest absolute Gasteiger partial charge is 0.464 e. The maximum Gasteiger partial charge on any atom is 0.130 e. The van der Waals surface area contributed by atoms with E-state index in [4.69, 9.17) is 9.15 Å². The number of nitrogens with one attached hydrogen (secondary N) is 1. The Morgan fingerprint density at radius 2 is 2.29 bits per heavy atom. The normalized spacial score (nSPS) is 15.4. The van der Waals surface area contributed by atoms with E-state index in [1.165, 1.54) is 24.8 Å². The van der Waals surface area contributed by atoms with E-state index in [1.54, 1.807) is 0 Å². The summed E-state index contributed by atoms with van der Waals surface area (Å²) in [7, 11) is 0. The predicted octanol–water partition coefficient (Wildman–Crippen LogP) is 3.01. The summed E-state index contributed by atoms with van der Waals surface area (Å²) in [6.45, 7) is 7.47. The van der Waals surface area contributed by atoms with E-state index in [2.05, 4.69) is 18.3 Å². The summed E-state index contributed by atoms with van der Waals surface area (Å²) in [5, 5.41) is 3.31. The third-order valence-corrected chi connectivity index (χ3v) is 3.25. The van der Waals surface area contributed by atoms with Gasteiger partial charge in [-0.05, 0) is 31.9 Å². The zero-order valence-corrected chi connectivity index (χ0v) is 10.9. The molecule has 3 heteroatoms. The van der Waals surface area contributed by atoms with Crippen molar-refractivity contribution in [1.82, 2.24) is 5.32 Å². The summed E-state index contributed by atoms with van der Waals surface area (Å²) in [6.07, 6.45) is 4.01. The van der Waals surface area contributed by atoms with Gasteiger partial charge in [0.05, 0.1) is 0 Å². The van der Waals surface area contributed by atoms with E-state index >= 15 is 0 Å². The first kappa shape index (κ1) is 12.7. The van der Waals surface area contributed by atoms with Crippen LogP contribution in [0.5, 0.6) is 0 Å². The Morgan fingerprint density at radius 3 is 3.00 bits per heavy atom. The second kappa shape index (κ2) is 6.22. The highest BCUT2D eigenvalue weighted by Crippen LogP contribution is 2.32. The highest BCUT2D eigenvalue weighted by atomic mass is 16.5. The molecule has 0 spiro atoms. The van der Waals surface area contributed by atoms with Crippen LogP contribution in [0.25, 0.3) is 0 Å². The van der Waals surface area contributed by atoms with Gasteiger partial charge in [0.15, 0.2) is 0 Å². The van der Waals surface area contributed by atoms with Gasteiger partial charge >= 0.3 is 0 Å². The molecular weight excluding hydrogens is 214 g/mol. The van der Waals surface area contributed by atoms with Crippen LogP contribution in [0, 0.1) is 12.8 Å². The Morgan fingerprint density at radius 1 is 1.47 bits per heavy atom. The van der Waals surface area contributed by atoms with Crippen LogP contribution in [0.2, 0.25) is 0 Å². The number of ether oxygens (including phenoxy) is 1. The standard InChI is InChI=1S/C14H23NO2/c1-3-15-9-13-8-14(17-11(13)2)10-16-7-6-12-4-5-12/h8,12,15H,3-7,9-10H2,1-2H3. The first-order valence-corrected chi connectivity index (χ1v) is 6.66. The molecule has 0 saturated heterocycles. The zero-order valence-electron chi connectivity index (χ0n) is 10.9. The molecule has 0 unspecified atom stereocenters. The minimum atomic E-state index is 0.611. The molecule has 1 N–H and O–H groups in total. The lowest BCUT2D eigenvalue weighted by molar-refractivity contribution is 0.100. The zero-order chi connectivity index (χ0) is 12.1. The molecule has 1 fully saturated rings. The molecule has 1 aromatic rings. The van der Waals surface area contributed by atoms with Gasteiger partial charge in [-0.1, -0.05) is 19.8 Å². The number of furan rings is 1. The Bertz CT molecular complexity index is 342. The number of rotatable bonds is 8. The van der Waals surface area contributed by atoms with E-state index in [9.17, 15) is 0 Å². The van der Waals surface area contributed by atoms with E-state index in [0.717, 1.165) is 37.1 Å². The van der Waals surface area contributed by atoms with Crippen molar-refractivity contribution < 1.29 is 9.15 Å². The SMILES string of the molecule is CCNCc1cc(COCCC2CC2)oc1C. The highest BCUT2D eigenvalue weighted by Gasteiger charge is 2.20. The van der Waals surface area contributed by atoms with Crippen LogP contribution >= 0.6 is 0 Å². The Balaban J connectivity index is 1.71. The van der Waals surface area contributed by atoms with Crippen LogP contribution in [0.1, 0.15) is 43.3 Å². The highest BCUT2D eigenvalue weighted by molar-refractivity contribution is 5.20. The van der Waals surface area contributed by atoms with Crippen LogP contribution < -0.4 is 5.32 Å². The van der Waals surface area contributed by atoms with Gasteiger partial charge in [-0.15, -0.1) is 0 Å². The van der Waals surface area contributed by atoms with Crippen LogP contribution in [0.4, 0.5) is 0 Å². The van der Waals surface area contributed by atoms with Gasteiger partial charge in [0.2, 0.25) is 0 Å². The molecule has 2 rings (SSSR count). The molecule has 0 atom stereocenters. The van der Waals surface area contributed by atoms with Crippen molar-refractivity contribution in [3.63, 3.8) is 0 Å². The third-order valence-electron chi connectivity index (χ3n) is 3.25. The minimum absolute atomic E-state index is 0.611. The molecule has 1 saturated carbocycles. The fourth-order valence-electron chi connectivity index (χ4n) is 1.92. The second-order valence-corrected chi connectivity index (χ2v) is 4.86. The molecule has 1 aliphatic rings. The lowest BCUT2D eigenvalue weighted by Gasteiger charge is -2.00. The fraction of sp³-hybridized carbons (Fsp3) is 0.714. The van der Waals surface area contributed by atoms with Gasteiger partial charge in [0.1, 0.15) is 18.1 Å². The molecule has 0 aliphatic heterocycles. The van der Waals surface area contributed by atoms with E-state index in [1.807, 2.05) is 6.92 Å². The summed E-state index contributed by atoms with van der Waals surface area (Å²) < 4.78 is 11.3. The number of aryl methyl sites for hydroxylation is 1. The van der Waals surface area contributed by atoms with Gasteiger partial charge in [-0.2, -0.15) is 0 Å². The molecule has 1 aromatic heterocycles. The second-order valence-electron chi connectivity index (χ2n) is 4.86. The van der Waals surface area contributed by atoms with Crippen molar-refractivity contribution in [3.05, 3.63) is 23.2 Å². The first-order valence-electron chi connectivity index (χ1n) is 6.66. The van der Waals surface area contributed by atoms with Gasteiger partial charge in [0, 0.05) is 18.7 Å². The monoisotopic (exact) mass is 237 g/mol. The Labute approximate surface area is 104 Å². The molecule has 0 radical (unpaired) electrons. The maximum absolute atomic E-state index is 5.67. The molecule has 0 aromatic carbocycles. The van der Waals surface area contributed by atoms with Gasteiger partial charge in [-0.25, -0.2) is 0 Å². The minimum Gasteiger partial charge on any atom is -0.464 e. The molecular formula is C14H23NO2. The van der Waals surface area contributed by atoms with Crippen LogP contribution in [0.3, 0.4) is 0 Å². The summed E-state index contributed by atoms with van der Waals surface area (Å²) in [5.41, 5.74) is 1.24. The molecule has 0 bridgehead atoms. The number of hydrogen-bond acceptors (Lipinski definition) is 3. The summed E-state index contributed by atoms with van der Waals surface area (Å²) in [6, 6.07) is 2.11. The lowest BCUT2D eigenvalue weighted by atomic mass is 10.2. The topological polar surface area (TPSA) is 34.4 Å². The predicted molar refractivity (Wildman–Crippen MR) is 67.8 cm³/mol.